The molecule has 2 unspecified atom stereocenters. The maximum Gasteiger partial charge on any atom is 0.221 e. The first-order chi connectivity index (χ1) is 12.9. The Hall–Kier alpha value is -1.35. The number of methoxy groups -OCH3 is 2. The normalized spacial score (nSPS) is 25.1. The van der Waals surface area contributed by atoms with Gasteiger partial charge in [-0.2, -0.15) is 5.06 Å². The van der Waals surface area contributed by atoms with Gasteiger partial charge in [0, 0.05) is 20.1 Å². The molecule has 1 heterocycles. The minimum atomic E-state index is -3.51. The lowest BCUT2D eigenvalue weighted by molar-refractivity contribution is -0.110. The van der Waals surface area contributed by atoms with Crippen LogP contribution >= 0.6 is 0 Å². The Bertz CT molecular complexity index is 748. The summed E-state index contributed by atoms with van der Waals surface area (Å²) in [5, 5.41) is 0.977. The Morgan fingerprint density at radius 3 is 2.41 bits per heavy atom. The van der Waals surface area contributed by atoms with E-state index in [0.29, 0.717) is 11.5 Å². The van der Waals surface area contributed by atoms with Gasteiger partial charge >= 0.3 is 0 Å². The van der Waals surface area contributed by atoms with Crippen LogP contribution in [-0.2, 0) is 14.9 Å². The number of ether oxygens (including phenoxy) is 2. The number of hydrogen-bond donors (Lipinski definition) is 0. The van der Waals surface area contributed by atoms with E-state index in [0.717, 1.165) is 31.2 Å². The van der Waals surface area contributed by atoms with Crippen LogP contribution in [0.4, 0.5) is 0 Å². The molecule has 1 saturated heterocycles. The number of rotatable bonds is 6. The molecule has 0 spiro atoms. The van der Waals surface area contributed by atoms with Crippen LogP contribution in [-0.4, -0.2) is 64.0 Å². The van der Waals surface area contributed by atoms with Crippen molar-refractivity contribution in [2.75, 3.05) is 34.9 Å². The Kier molecular flexibility index (Phi) is 6.30. The average Bonchev–Trinajstić information content (AvgIpc) is 3.09. The van der Waals surface area contributed by atoms with Gasteiger partial charge in [0.15, 0.2) is 11.5 Å². The highest BCUT2D eigenvalue weighted by Crippen LogP contribution is 2.39. The summed E-state index contributed by atoms with van der Waals surface area (Å²) in [5.41, 5.74) is 0.832. The third-order valence-electron chi connectivity index (χ3n) is 5.81. The molecule has 0 amide bonds. The first-order valence-electron chi connectivity index (χ1n) is 9.44. The Morgan fingerprint density at radius 2 is 1.78 bits per heavy atom. The van der Waals surface area contributed by atoms with E-state index in [9.17, 15) is 8.42 Å². The number of hydrogen-bond acceptors (Lipinski definition) is 6. The minimum absolute atomic E-state index is 0.0840. The van der Waals surface area contributed by atoms with Crippen LogP contribution in [0.25, 0.3) is 0 Å². The van der Waals surface area contributed by atoms with Gasteiger partial charge in [0.25, 0.3) is 0 Å². The Morgan fingerprint density at radius 1 is 1.11 bits per heavy atom. The summed E-state index contributed by atoms with van der Waals surface area (Å²) in [6.07, 6.45) is 5.23. The molecule has 0 bridgehead atoms. The highest BCUT2D eigenvalue weighted by atomic mass is 32.2. The lowest BCUT2D eigenvalue weighted by Crippen LogP contribution is -2.45. The van der Waals surface area contributed by atoms with Crippen molar-refractivity contribution in [3.8, 4) is 11.5 Å². The SMILES string of the molecule is COc1ccc(C2C(S(=O)(=O)N(C)C3CCCCC3)CON2C)cc1OC. The fourth-order valence-corrected chi connectivity index (χ4v) is 6.11. The van der Waals surface area contributed by atoms with Crippen molar-refractivity contribution in [3.63, 3.8) is 0 Å². The molecule has 27 heavy (non-hydrogen) atoms. The second-order valence-corrected chi connectivity index (χ2v) is 9.50. The van der Waals surface area contributed by atoms with Crippen LogP contribution in [0.15, 0.2) is 18.2 Å². The molecule has 2 aliphatic rings. The van der Waals surface area contributed by atoms with Gasteiger partial charge in [0.2, 0.25) is 10.0 Å². The van der Waals surface area contributed by atoms with Crippen LogP contribution in [0.3, 0.4) is 0 Å². The van der Waals surface area contributed by atoms with Crippen LogP contribution in [0.5, 0.6) is 11.5 Å². The largest absolute Gasteiger partial charge is 0.493 e. The third-order valence-corrected chi connectivity index (χ3v) is 8.07. The summed E-state index contributed by atoms with van der Waals surface area (Å²) < 4.78 is 39.1. The maximum atomic E-state index is 13.4. The molecule has 2 atom stereocenters. The van der Waals surface area contributed by atoms with E-state index in [-0.39, 0.29) is 12.6 Å². The third kappa shape index (κ3) is 3.94. The molecule has 2 fully saturated rings. The highest BCUT2D eigenvalue weighted by Gasteiger charge is 2.46. The number of nitrogens with zero attached hydrogens (tertiary/aromatic N) is 2. The van der Waals surface area contributed by atoms with Crippen molar-refractivity contribution in [1.29, 1.82) is 0 Å². The second kappa shape index (κ2) is 8.34. The molecule has 1 aliphatic heterocycles. The molecule has 1 aliphatic carbocycles. The van der Waals surface area contributed by atoms with E-state index in [1.165, 1.54) is 6.42 Å². The molecular formula is C19H30N2O5S. The Labute approximate surface area is 162 Å². The van der Waals surface area contributed by atoms with E-state index in [1.54, 1.807) is 43.7 Å². The summed E-state index contributed by atoms with van der Waals surface area (Å²) in [6, 6.07) is 5.19. The molecule has 1 saturated carbocycles. The van der Waals surface area contributed by atoms with Crippen LogP contribution < -0.4 is 9.47 Å². The average molecular weight is 399 g/mol. The summed E-state index contributed by atoms with van der Waals surface area (Å²) in [6.45, 7) is 0.148. The number of benzene rings is 1. The lowest BCUT2D eigenvalue weighted by Gasteiger charge is -2.33. The smallest absolute Gasteiger partial charge is 0.221 e. The molecule has 8 heteroatoms. The van der Waals surface area contributed by atoms with Crippen molar-refractivity contribution in [1.82, 2.24) is 9.37 Å². The second-order valence-electron chi connectivity index (χ2n) is 7.29. The molecule has 3 rings (SSSR count). The zero-order chi connectivity index (χ0) is 19.6. The number of sulfonamides is 1. The first kappa shape index (κ1) is 20.4. The van der Waals surface area contributed by atoms with Crippen LogP contribution in [0, 0.1) is 0 Å². The summed E-state index contributed by atoms with van der Waals surface area (Å²) in [4.78, 5) is 5.64. The molecule has 1 aromatic rings. The van der Waals surface area contributed by atoms with Crippen molar-refractivity contribution in [3.05, 3.63) is 23.8 Å². The van der Waals surface area contributed by atoms with Gasteiger partial charge in [0.05, 0.1) is 26.9 Å². The monoisotopic (exact) mass is 398 g/mol. The van der Waals surface area contributed by atoms with Gasteiger partial charge in [0.1, 0.15) is 5.25 Å². The van der Waals surface area contributed by atoms with Gasteiger partial charge in [-0.15, -0.1) is 0 Å². The maximum absolute atomic E-state index is 13.4. The van der Waals surface area contributed by atoms with E-state index in [4.69, 9.17) is 14.3 Å². The van der Waals surface area contributed by atoms with Crippen molar-refractivity contribution < 1.29 is 22.7 Å². The van der Waals surface area contributed by atoms with Gasteiger partial charge in [-0.25, -0.2) is 12.7 Å². The molecule has 1 aromatic carbocycles. The summed E-state index contributed by atoms with van der Waals surface area (Å²) in [7, 11) is 3.13. The molecule has 152 valence electrons. The minimum Gasteiger partial charge on any atom is -0.493 e. The lowest BCUT2D eigenvalue weighted by atomic mass is 9.96. The van der Waals surface area contributed by atoms with E-state index >= 15 is 0 Å². The van der Waals surface area contributed by atoms with E-state index in [2.05, 4.69) is 0 Å². The van der Waals surface area contributed by atoms with Gasteiger partial charge < -0.3 is 9.47 Å². The fraction of sp³-hybridized carbons (Fsp3) is 0.684. The fourth-order valence-electron chi connectivity index (χ4n) is 4.17. The zero-order valence-corrected chi connectivity index (χ0v) is 17.4. The van der Waals surface area contributed by atoms with E-state index < -0.39 is 21.3 Å². The molecule has 0 N–H and O–H groups in total. The van der Waals surface area contributed by atoms with Crippen molar-refractivity contribution >= 4 is 10.0 Å². The predicted molar refractivity (Wildman–Crippen MR) is 103 cm³/mol. The summed E-state index contributed by atoms with van der Waals surface area (Å²) >= 11 is 0. The van der Waals surface area contributed by atoms with Crippen LogP contribution in [0.1, 0.15) is 43.7 Å². The van der Waals surface area contributed by atoms with Crippen LogP contribution in [0.2, 0.25) is 0 Å². The molecular weight excluding hydrogens is 368 g/mol. The zero-order valence-electron chi connectivity index (χ0n) is 16.6. The topological polar surface area (TPSA) is 68.3 Å². The Balaban J connectivity index is 1.90. The quantitative estimate of drug-likeness (QED) is 0.734. The number of hydroxylamine groups is 2. The molecule has 0 aromatic heterocycles. The first-order valence-corrected chi connectivity index (χ1v) is 10.9. The van der Waals surface area contributed by atoms with Gasteiger partial charge in [-0.1, -0.05) is 25.3 Å². The standard InChI is InChI=1S/C19H30N2O5S/c1-20-19(14-10-11-16(24-3)17(12-14)25-4)18(13-26-20)27(22,23)21(2)15-8-6-5-7-9-15/h10-12,15,18-19H,5-9,13H2,1-4H3. The van der Waals surface area contributed by atoms with E-state index in [1.807, 2.05) is 12.1 Å². The van der Waals surface area contributed by atoms with Crippen molar-refractivity contribution in [2.45, 2.75) is 49.4 Å². The predicted octanol–water partition coefficient (Wildman–Crippen LogP) is 2.58. The van der Waals surface area contributed by atoms with Gasteiger partial charge in [-0.3, -0.25) is 4.84 Å². The van der Waals surface area contributed by atoms with Gasteiger partial charge in [-0.05, 0) is 30.5 Å². The highest BCUT2D eigenvalue weighted by molar-refractivity contribution is 7.89. The molecule has 7 nitrogen and oxygen atoms in total. The summed E-state index contributed by atoms with van der Waals surface area (Å²) in [5.74, 6) is 1.19. The van der Waals surface area contributed by atoms with Crippen molar-refractivity contribution in [2.24, 2.45) is 0 Å². The molecule has 0 radical (unpaired) electrons.